The summed E-state index contributed by atoms with van der Waals surface area (Å²) in [6, 6.07) is 7.09. The van der Waals surface area contributed by atoms with Crippen molar-refractivity contribution < 1.29 is 14.3 Å². The Balaban J connectivity index is 1.54. The van der Waals surface area contributed by atoms with Gasteiger partial charge in [0.1, 0.15) is 6.33 Å². The van der Waals surface area contributed by atoms with Crippen molar-refractivity contribution in [2.24, 2.45) is 5.92 Å². The molecule has 9 nitrogen and oxygen atoms in total. The zero-order chi connectivity index (χ0) is 18.5. The number of ether oxygens (including phenoxy) is 1. The van der Waals surface area contributed by atoms with Crippen molar-refractivity contribution in [2.75, 3.05) is 32.8 Å². The molecule has 0 saturated carbocycles. The lowest BCUT2D eigenvalue weighted by Gasteiger charge is -2.34. The first-order valence-electron chi connectivity index (χ1n) is 8.59. The van der Waals surface area contributed by atoms with E-state index in [-0.39, 0.29) is 12.0 Å². The first-order chi connectivity index (χ1) is 12.5. The molecule has 1 fully saturated rings. The monoisotopic (exact) mass is 358 g/mol. The minimum absolute atomic E-state index is 0.0523. The van der Waals surface area contributed by atoms with Gasteiger partial charge >= 0.3 is 6.09 Å². The van der Waals surface area contributed by atoms with E-state index in [1.54, 1.807) is 34.1 Å². The maximum Gasteiger partial charge on any atom is 0.409 e. The number of hydrogen-bond acceptors (Lipinski definition) is 6. The van der Waals surface area contributed by atoms with Crippen LogP contribution in [0, 0.1) is 5.92 Å². The summed E-state index contributed by atoms with van der Waals surface area (Å²) >= 11 is 0. The van der Waals surface area contributed by atoms with Gasteiger partial charge in [-0.2, -0.15) is 0 Å². The zero-order valence-electron chi connectivity index (χ0n) is 14.9. The number of tetrazole rings is 1. The van der Waals surface area contributed by atoms with Gasteiger partial charge < -0.3 is 14.5 Å². The van der Waals surface area contributed by atoms with E-state index < -0.39 is 0 Å². The highest BCUT2D eigenvalue weighted by Gasteiger charge is 2.25. The van der Waals surface area contributed by atoms with Gasteiger partial charge in [-0.25, -0.2) is 9.48 Å². The highest BCUT2D eigenvalue weighted by atomic mass is 16.6. The smallest absolute Gasteiger partial charge is 0.409 e. The van der Waals surface area contributed by atoms with Crippen LogP contribution in [-0.2, 0) is 4.74 Å². The summed E-state index contributed by atoms with van der Waals surface area (Å²) < 4.78 is 6.76. The van der Waals surface area contributed by atoms with E-state index >= 15 is 0 Å². The molecule has 0 unspecified atom stereocenters. The van der Waals surface area contributed by atoms with Crippen LogP contribution in [0.1, 0.15) is 24.2 Å². The van der Waals surface area contributed by atoms with Gasteiger partial charge in [-0.3, -0.25) is 4.79 Å². The van der Waals surface area contributed by atoms with Gasteiger partial charge in [0.2, 0.25) is 0 Å². The molecule has 3 rings (SSSR count). The highest BCUT2D eigenvalue weighted by molar-refractivity contribution is 5.94. The van der Waals surface area contributed by atoms with E-state index in [0.717, 1.165) is 5.69 Å². The van der Waals surface area contributed by atoms with Gasteiger partial charge in [0.15, 0.2) is 0 Å². The highest BCUT2D eigenvalue weighted by Crippen LogP contribution is 2.13. The minimum Gasteiger partial charge on any atom is -0.449 e. The molecule has 138 valence electrons. The number of piperazine rings is 1. The van der Waals surface area contributed by atoms with Crippen LogP contribution >= 0.6 is 0 Å². The summed E-state index contributed by atoms with van der Waals surface area (Å²) in [5.41, 5.74) is 1.38. The fourth-order valence-corrected chi connectivity index (χ4v) is 2.64. The van der Waals surface area contributed by atoms with Crippen molar-refractivity contribution >= 4 is 12.0 Å². The predicted molar refractivity (Wildman–Crippen MR) is 92.8 cm³/mol. The Labute approximate surface area is 151 Å². The van der Waals surface area contributed by atoms with E-state index in [9.17, 15) is 9.59 Å². The first kappa shape index (κ1) is 17.8. The molecular weight excluding hydrogens is 336 g/mol. The van der Waals surface area contributed by atoms with Crippen molar-refractivity contribution in [3.8, 4) is 5.69 Å². The van der Waals surface area contributed by atoms with Crippen LogP contribution < -0.4 is 0 Å². The average molecular weight is 358 g/mol. The predicted octanol–water partition coefficient (Wildman–Crippen LogP) is 1.21. The van der Waals surface area contributed by atoms with Crippen LogP contribution in [0.2, 0.25) is 0 Å². The Morgan fingerprint density at radius 2 is 1.73 bits per heavy atom. The van der Waals surface area contributed by atoms with Gasteiger partial charge in [0.25, 0.3) is 5.91 Å². The second-order valence-electron chi connectivity index (χ2n) is 6.55. The van der Waals surface area contributed by atoms with E-state index in [4.69, 9.17) is 4.74 Å². The molecule has 1 aromatic heterocycles. The van der Waals surface area contributed by atoms with Gasteiger partial charge in [-0.15, -0.1) is 5.10 Å². The fourth-order valence-electron chi connectivity index (χ4n) is 2.64. The van der Waals surface area contributed by atoms with Crippen LogP contribution in [0.4, 0.5) is 4.79 Å². The second kappa shape index (κ2) is 7.94. The lowest BCUT2D eigenvalue weighted by Crippen LogP contribution is -2.50. The Bertz CT molecular complexity index is 736. The quantitative estimate of drug-likeness (QED) is 0.816. The Kier molecular flexibility index (Phi) is 5.45. The van der Waals surface area contributed by atoms with E-state index in [0.29, 0.717) is 44.3 Å². The SMILES string of the molecule is CC(C)COC(=O)N1CCN(C(=O)c2ccc(-n3cnnn3)cc2)CC1. The lowest BCUT2D eigenvalue weighted by molar-refractivity contribution is 0.0535. The van der Waals surface area contributed by atoms with Crippen molar-refractivity contribution in [1.29, 1.82) is 0 Å². The molecule has 2 aromatic rings. The summed E-state index contributed by atoms with van der Waals surface area (Å²) in [6.07, 6.45) is 1.19. The molecular formula is C17H22N6O3. The lowest BCUT2D eigenvalue weighted by atomic mass is 10.1. The molecule has 0 bridgehead atoms. The molecule has 1 saturated heterocycles. The van der Waals surface area contributed by atoms with Crippen molar-refractivity contribution in [3.63, 3.8) is 0 Å². The first-order valence-corrected chi connectivity index (χ1v) is 8.59. The summed E-state index contributed by atoms with van der Waals surface area (Å²) in [4.78, 5) is 28.0. The minimum atomic E-state index is -0.309. The Hall–Kier alpha value is -2.97. The molecule has 1 aliphatic rings. The Morgan fingerprint density at radius 3 is 2.31 bits per heavy atom. The standard InChI is InChI=1S/C17H22N6O3/c1-13(2)11-26-17(25)22-9-7-21(8-10-22)16(24)14-3-5-15(6-4-14)23-12-18-19-20-23/h3-6,12-13H,7-11H2,1-2H3. The molecule has 26 heavy (non-hydrogen) atoms. The largest absolute Gasteiger partial charge is 0.449 e. The van der Waals surface area contributed by atoms with Crippen LogP contribution in [0.25, 0.3) is 5.69 Å². The van der Waals surface area contributed by atoms with Gasteiger partial charge in [0, 0.05) is 31.7 Å². The zero-order valence-corrected chi connectivity index (χ0v) is 14.9. The van der Waals surface area contributed by atoms with Gasteiger partial charge in [-0.05, 0) is 40.6 Å². The number of rotatable bonds is 4. The summed E-state index contributed by atoms with van der Waals surface area (Å²) in [5, 5.41) is 11.0. The average Bonchev–Trinajstić information content (AvgIpc) is 3.20. The third-order valence-corrected chi connectivity index (χ3v) is 4.09. The van der Waals surface area contributed by atoms with Crippen LogP contribution in [0.15, 0.2) is 30.6 Å². The third kappa shape index (κ3) is 4.16. The molecule has 0 atom stereocenters. The summed E-state index contributed by atoms with van der Waals surface area (Å²) in [7, 11) is 0. The van der Waals surface area contributed by atoms with Gasteiger partial charge in [0.05, 0.1) is 12.3 Å². The van der Waals surface area contributed by atoms with E-state index in [2.05, 4.69) is 15.5 Å². The van der Waals surface area contributed by atoms with Crippen LogP contribution in [-0.4, -0.2) is 74.8 Å². The normalized spacial score (nSPS) is 14.6. The summed E-state index contributed by atoms with van der Waals surface area (Å²) in [6.45, 7) is 6.33. The molecule has 2 heterocycles. The maximum atomic E-state index is 12.6. The second-order valence-corrected chi connectivity index (χ2v) is 6.55. The molecule has 1 aliphatic heterocycles. The number of benzene rings is 1. The van der Waals surface area contributed by atoms with Crippen LogP contribution in [0.3, 0.4) is 0 Å². The number of amides is 2. The third-order valence-electron chi connectivity index (χ3n) is 4.09. The topological polar surface area (TPSA) is 93.5 Å². The molecule has 1 aromatic carbocycles. The number of nitrogens with zero attached hydrogens (tertiary/aromatic N) is 6. The van der Waals surface area contributed by atoms with Crippen molar-refractivity contribution in [3.05, 3.63) is 36.2 Å². The number of aromatic nitrogens is 4. The molecule has 2 amide bonds. The number of hydrogen-bond donors (Lipinski definition) is 0. The van der Waals surface area contributed by atoms with Crippen molar-refractivity contribution in [2.45, 2.75) is 13.8 Å². The van der Waals surface area contributed by atoms with Crippen molar-refractivity contribution in [1.82, 2.24) is 30.0 Å². The molecule has 0 spiro atoms. The molecule has 0 radical (unpaired) electrons. The number of carbonyl (C=O) groups excluding carboxylic acids is 2. The maximum absolute atomic E-state index is 12.6. The fraction of sp³-hybridized carbons (Fsp3) is 0.471. The van der Waals surface area contributed by atoms with Crippen LogP contribution in [0.5, 0.6) is 0 Å². The summed E-state index contributed by atoms with van der Waals surface area (Å²) in [5.74, 6) is 0.251. The molecule has 0 aliphatic carbocycles. The molecule has 9 heteroatoms. The molecule has 0 N–H and O–H groups in total. The number of carbonyl (C=O) groups is 2. The van der Waals surface area contributed by atoms with E-state index in [1.807, 2.05) is 13.8 Å². The van der Waals surface area contributed by atoms with E-state index in [1.165, 1.54) is 11.0 Å². The Morgan fingerprint density at radius 1 is 1.08 bits per heavy atom. The van der Waals surface area contributed by atoms with Gasteiger partial charge in [-0.1, -0.05) is 13.8 Å².